The van der Waals surface area contributed by atoms with Crippen molar-refractivity contribution in [2.45, 2.75) is 19.8 Å². The van der Waals surface area contributed by atoms with Crippen molar-refractivity contribution in [3.63, 3.8) is 0 Å². The minimum atomic E-state index is -0.450. The third-order valence-corrected chi connectivity index (χ3v) is 6.82. The Labute approximate surface area is 187 Å². The van der Waals surface area contributed by atoms with E-state index in [1.807, 2.05) is 35.2 Å². The average molecular weight is 446 g/mol. The number of hydrogen-bond acceptors (Lipinski definition) is 5. The summed E-state index contributed by atoms with van der Waals surface area (Å²) in [6, 6.07) is 15.5. The quantitative estimate of drug-likeness (QED) is 0.292. The number of unbranched alkanes of at least 4 members (excludes halogenated alkanes) is 1. The molecule has 32 heavy (non-hydrogen) atoms. The minimum Gasteiger partial charge on any atom is -0.321 e. The van der Waals surface area contributed by atoms with Gasteiger partial charge in [0.05, 0.1) is 15.5 Å². The first-order chi connectivity index (χ1) is 15.5. The van der Waals surface area contributed by atoms with Gasteiger partial charge in [-0.2, -0.15) is 0 Å². The van der Waals surface area contributed by atoms with Crippen molar-refractivity contribution in [1.82, 2.24) is 0 Å². The second-order valence-electron chi connectivity index (χ2n) is 7.71. The van der Waals surface area contributed by atoms with Crippen LogP contribution in [-0.4, -0.2) is 23.3 Å². The van der Waals surface area contributed by atoms with Gasteiger partial charge in [0.25, 0.3) is 17.5 Å². The molecule has 0 fully saturated rings. The van der Waals surface area contributed by atoms with E-state index >= 15 is 0 Å². The van der Waals surface area contributed by atoms with Crippen molar-refractivity contribution in [1.29, 1.82) is 0 Å². The zero-order chi connectivity index (χ0) is 22.4. The van der Waals surface area contributed by atoms with E-state index in [-0.39, 0.29) is 17.5 Å². The predicted octanol–water partition coefficient (Wildman–Crippen LogP) is 5.98. The third kappa shape index (κ3) is 3.20. The van der Waals surface area contributed by atoms with E-state index in [1.54, 1.807) is 12.1 Å². The van der Waals surface area contributed by atoms with Gasteiger partial charge in [0.15, 0.2) is 0 Å². The number of anilines is 2. The minimum absolute atomic E-state index is 0.00590. The monoisotopic (exact) mass is 445 g/mol. The number of carbonyl (C=O) groups is 2. The van der Waals surface area contributed by atoms with Crippen LogP contribution in [0.2, 0.25) is 0 Å². The first kappa shape index (κ1) is 20.1. The van der Waals surface area contributed by atoms with Gasteiger partial charge in [-0.05, 0) is 36.8 Å². The van der Waals surface area contributed by atoms with Crippen LogP contribution in [0.3, 0.4) is 0 Å². The molecule has 7 nitrogen and oxygen atoms in total. The molecular weight excluding hydrogens is 426 g/mol. The van der Waals surface area contributed by atoms with Crippen LogP contribution in [0.4, 0.5) is 17.1 Å². The molecule has 4 aromatic rings. The van der Waals surface area contributed by atoms with Crippen LogP contribution >= 0.6 is 11.3 Å². The highest BCUT2D eigenvalue weighted by Gasteiger charge is 2.30. The number of nitro groups is 1. The number of hydrogen-bond donors (Lipinski definition) is 1. The Kier molecular flexibility index (Phi) is 4.86. The second-order valence-corrected chi connectivity index (χ2v) is 8.80. The number of benzene rings is 3. The number of nitrogens with one attached hydrogen (secondary N) is 1. The number of nitrogens with zero attached hydrogens (tertiary/aromatic N) is 2. The number of amides is 2. The first-order valence-electron chi connectivity index (χ1n) is 10.3. The number of rotatable bonds is 6. The second kappa shape index (κ2) is 7.72. The van der Waals surface area contributed by atoms with Crippen LogP contribution in [0.15, 0.2) is 54.6 Å². The number of nitro benzene ring substituents is 1. The van der Waals surface area contributed by atoms with Gasteiger partial charge in [0, 0.05) is 50.8 Å². The van der Waals surface area contributed by atoms with Crippen molar-refractivity contribution < 1.29 is 14.5 Å². The Balaban J connectivity index is 1.50. The fourth-order valence-corrected chi connectivity index (χ4v) is 5.07. The maximum atomic E-state index is 13.0. The number of fused-ring (bicyclic) bond motifs is 1. The number of carbonyl (C=O) groups excluding carboxylic acids is 2. The van der Waals surface area contributed by atoms with Gasteiger partial charge in [-0.3, -0.25) is 19.7 Å². The molecule has 1 aliphatic heterocycles. The van der Waals surface area contributed by atoms with Crippen LogP contribution in [0.5, 0.6) is 0 Å². The van der Waals surface area contributed by atoms with Crippen molar-refractivity contribution in [3.8, 4) is 0 Å². The lowest BCUT2D eigenvalue weighted by Gasteiger charge is -2.17. The molecule has 0 atom stereocenters. The van der Waals surface area contributed by atoms with Gasteiger partial charge in [-0.15, -0.1) is 11.3 Å². The molecule has 1 aromatic heterocycles. The van der Waals surface area contributed by atoms with Gasteiger partial charge in [-0.25, -0.2) is 0 Å². The van der Waals surface area contributed by atoms with Crippen LogP contribution in [0.1, 0.15) is 39.8 Å². The molecule has 8 heteroatoms. The highest BCUT2D eigenvalue weighted by molar-refractivity contribution is 7.20. The topological polar surface area (TPSA) is 92.6 Å². The molecule has 0 spiro atoms. The smallest absolute Gasteiger partial charge is 0.270 e. The standard InChI is InChI=1S/C24H19N3O4S/c1-2-3-11-26-19-9-8-18(16-5-4-6-17(22(16)19)24(26)29)25-23(28)21-13-14-12-15(27(30)31)7-10-20(14)32-21/h4-10,12-13H,2-3,11H2,1H3,(H,25,28). The molecule has 160 valence electrons. The maximum Gasteiger partial charge on any atom is 0.270 e. The third-order valence-electron chi connectivity index (χ3n) is 5.70. The van der Waals surface area contributed by atoms with E-state index in [0.717, 1.165) is 34.0 Å². The van der Waals surface area contributed by atoms with Crippen molar-refractivity contribution in [2.24, 2.45) is 0 Å². The van der Waals surface area contributed by atoms with Crippen LogP contribution in [-0.2, 0) is 0 Å². The lowest BCUT2D eigenvalue weighted by atomic mass is 10.0. The van der Waals surface area contributed by atoms with Gasteiger partial charge >= 0.3 is 0 Å². The first-order valence-corrected chi connectivity index (χ1v) is 11.2. The van der Waals surface area contributed by atoms with Gasteiger partial charge in [0.2, 0.25) is 0 Å². The highest BCUT2D eigenvalue weighted by atomic mass is 32.1. The Morgan fingerprint density at radius 3 is 2.78 bits per heavy atom. The predicted molar refractivity (Wildman–Crippen MR) is 127 cm³/mol. The molecule has 1 N–H and O–H groups in total. The number of thiophene rings is 1. The van der Waals surface area contributed by atoms with Crippen molar-refractivity contribution in [2.75, 3.05) is 16.8 Å². The summed E-state index contributed by atoms with van der Waals surface area (Å²) < 4.78 is 0.804. The van der Waals surface area contributed by atoms with E-state index in [1.165, 1.54) is 23.5 Å². The highest BCUT2D eigenvalue weighted by Crippen LogP contribution is 2.41. The summed E-state index contributed by atoms with van der Waals surface area (Å²) in [4.78, 5) is 38.7. The average Bonchev–Trinajstić information content (AvgIpc) is 3.34. The summed E-state index contributed by atoms with van der Waals surface area (Å²) >= 11 is 1.28. The normalized spacial score (nSPS) is 12.7. The summed E-state index contributed by atoms with van der Waals surface area (Å²) in [5, 5.41) is 16.3. The zero-order valence-electron chi connectivity index (χ0n) is 17.3. The largest absolute Gasteiger partial charge is 0.321 e. The molecule has 2 heterocycles. The zero-order valence-corrected chi connectivity index (χ0v) is 18.1. The van der Waals surface area contributed by atoms with E-state index in [0.29, 0.717) is 28.1 Å². The Hall–Kier alpha value is -3.78. The molecule has 0 radical (unpaired) electrons. The molecular formula is C24H19N3O4S. The van der Waals surface area contributed by atoms with E-state index in [9.17, 15) is 19.7 Å². The van der Waals surface area contributed by atoms with Gasteiger partial charge in [0.1, 0.15) is 0 Å². The van der Waals surface area contributed by atoms with Gasteiger partial charge in [-0.1, -0.05) is 25.5 Å². The van der Waals surface area contributed by atoms with Crippen LogP contribution in [0, 0.1) is 10.1 Å². The molecule has 0 unspecified atom stereocenters. The lowest BCUT2D eigenvalue weighted by Crippen LogP contribution is -2.27. The Morgan fingerprint density at radius 2 is 2.00 bits per heavy atom. The molecule has 0 saturated carbocycles. The van der Waals surface area contributed by atoms with Gasteiger partial charge < -0.3 is 10.2 Å². The summed E-state index contributed by atoms with van der Waals surface area (Å²) in [6.45, 7) is 2.76. The Morgan fingerprint density at radius 1 is 1.16 bits per heavy atom. The van der Waals surface area contributed by atoms with E-state index in [4.69, 9.17) is 0 Å². The van der Waals surface area contributed by atoms with E-state index in [2.05, 4.69) is 12.2 Å². The molecule has 2 amide bonds. The maximum absolute atomic E-state index is 13.0. The molecule has 3 aromatic carbocycles. The molecule has 0 aliphatic carbocycles. The SMILES string of the molecule is CCCCN1C(=O)c2cccc3c(NC(=O)c4cc5cc([N+](=O)[O-])ccc5s4)ccc1c23. The molecule has 0 saturated heterocycles. The van der Waals surface area contributed by atoms with Crippen molar-refractivity contribution in [3.05, 3.63) is 75.2 Å². The number of non-ortho nitro benzene ring substituents is 1. The summed E-state index contributed by atoms with van der Waals surface area (Å²) in [7, 11) is 0. The van der Waals surface area contributed by atoms with Crippen LogP contribution in [0.25, 0.3) is 20.9 Å². The molecule has 1 aliphatic rings. The Bertz CT molecular complexity index is 1430. The summed E-state index contributed by atoms with van der Waals surface area (Å²) in [6.07, 6.45) is 1.92. The summed E-state index contributed by atoms with van der Waals surface area (Å²) in [5.41, 5.74) is 2.15. The van der Waals surface area contributed by atoms with Crippen LogP contribution < -0.4 is 10.2 Å². The summed E-state index contributed by atoms with van der Waals surface area (Å²) in [5.74, 6) is -0.296. The fraction of sp³-hybridized carbons (Fsp3) is 0.167. The van der Waals surface area contributed by atoms with E-state index < -0.39 is 4.92 Å². The van der Waals surface area contributed by atoms with Crippen molar-refractivity contribution >= 4 is 61.1 Å². The fourth-order valence-electron chi connectivity index (χ4n) is 4.13. The lowest BCUT2D eigenvalue weighted by molar-refractivity contribution is -0.384. The molecule has 0 bridgehead atoms. The molecule has 5 rings (SSSR count).